The Balaban J connectivity index is 1.78. The zero-order valence-corrected chi connectivity index (χ0v) is 14.4. The summed E-state index contributed by atoms with van der Waals surface area (Å²) >= 11 is 1.58. The zero-order chi connectivity index (χ0) is 17.1. The van der Waals surface area contributed by atoms with Crippen molar-refractivity contribution in [1.82, 2.24) is 25.2 Å². The predicted octanol–water partition coefficient (Wildman–Crippen LogP) is 2.72. The van der Waals surface area contributed by atoms with Crippen molar-refractivity contribution in [3.05, 3.63) is 45.9 Å². The van der Waals surface area contributed by atoms with Crippen molar-refractivity contribution in [3.8, 4) is 11.4 Å². The van der Waals surface area contributed by atoms with E-state index in [0.29, 0.717) is 23.5 Å². The van der Waals surface area contributed by atoms with Gasteiger partial charge in [0.15, 0.2) is 0 Å². The van der Waals surface area contributed by atoms with Gasteiger partial charge in [0.1, 0.15) is 6.54 Å². The van der Waals surface area contributed by atoms with E-state index in [1.165, 1.54) is 4.80 Å². The molecule has 0 saturated carbocycles. The molecule has 0 spiro atoms. The van der Waals surface area contributed by atoms with Gasteiger partial charge in [0.05, 0.1) is 22.4 Å². The van der Waals surface area contributed by atoms with Crippen LogP contribution in [0.1, 0.15) is 34.9 Å². The van der Waals surface area contributed by atoms with Gasteiger partial charge >= 0.3 is 5.97 Å². The van der Waals surface area contributed by atoms with Crippen LogP contribution in [0.3, 0.4) is 0 Å². The van der Waals surface area contributed by atoms with E-state index in [1.54, 1.807) is 29.5 Å². The van der Waals surface area contributed by atoms with Crippen LogP contribution in [-0.2, 0) is 11.3 Å². The van der Waals surface area contributed by atoms with Crippen molar-refractivity contribution in [2.45, 2.75) is 33.4 Å². The van der Waals surface area contributed by atoms with Crippen LogP contribution in [0.5, 0.6) is 0 Å². The van der Waals surface area contributed by atoms with Gasteiger partial charge < -0.3 is 4.74 Å². The molecule has 2 aromatic heterocycles. The molecule has 24 heavy (non-hydrogen) atoms. The average molecular weight is 343 g/mol. The van der Waals surface area contributed by atoms with Crippen LogP contribution in [0.2, 0.25) is 0 Å². The highest BCUT2D eigenvalue weighted by Crippen LogP contribution is 2.17. The van der Waals surface area contributed by atoms with Crippen molar-refractivity contribution in [1.29, 1.82) is 0 Å². The summed E-state index contributed by atoms with van der Waals surface area (Å²) in [5.74, 6) is 0.0957. The predicted molar refractivity (Wildman–Crippen MR) is 89.8 cm³/mol. The quantitative estimate of drug-likeness (QED) is 0.662. The standard InChI is InChI=1S/C16H17N5O2S/c1-10(2)23-16(22)13-6-4-5-12(7-13)15-18-20-21(19-15)8-14-9-24-11(3)17-14/h4-7,9-10H,8H2,1-3H3. The first-order valence-electron chi connectivity index (χ1n) is 7.51. The molecule has 0 bridgehead atoms. The Morgan fingerprint density at radius 1 is 1.38 bits per heavy atom. The highest BCUT2D eigenvalue weighted by Gasteiger charge is 2.13. The number of ether oxygens (including phenoxy) is 1. The van der Waals surface area contributed by atoms with Gasteiger partial charge in [-0.05, 0) is 38.1 Å². The second-order valence-corrected chi connectivity index (χ2v) is 6.60. The minimum atomic E-state index is -0.364. The van der Waals surface area contributed by atoms with Crippen molar-refractivity contribution >= 4 is 17.3 Å². The van der Waals surface area contributed by atoms with Crippen molar-refractivity contribution in [2.75, 3.05) is 0 Å². The van der Waals surface area contributed by atoms with E-state index in [4.69, 9.17) is 4.74 Å². The lowest BCUT2D eigenvalue weighted by Crippen LogP contribution is -2.11. The number of tetrazole rings is 1. The summed E-state index contributed by atoms with van der Waals surface area (Å²) < 4.78 is 5.21. The first kappa shape index (κ1) is 16.3. The Labute approximate surface area is 143 Å². The molecule has 124 valence electrons. The van der Waals surface area contributed by atoms with Crippen LogP contribution in [0.15, 0.2) is 29.6 Å². The fourth-order valence-corrected chi connectivity index (χ4v) is 2.72. The molecule has 0 N–H and O–H groups in total. The minimum Gasteiger partial charge on any atom is -0.459 e. The average Bonchev–Trinajstić information content (AvgIpc) is 3.16. The van der Waals surface area contributed by atoms with Crippen LogP contribution < -0.4 is 0 Å². The third kappa shape index (κ3) is 3.83. The molecule has 1 aromatic carbocycles. The van der Waals surface area contributed by atoms with Gasteiger partial charge in [0.2, 0.25) is 5.82 Å². The monoisotopic (exact) mass is 343 g/mol. The molecule has 3 rings (SSSR count). The molecule has 0 aliphatic carbocycles. The van der Waals surface area contributed by atoms with Gasteiger partial charge in [-0.3, -0.25) is 0 Å². The van der Waals surface area contributed by atoms with Gasteiger partial charge in [-0.15, -0.1) is 21.5 Å². The number of esters is 1. The Morgan fingerprint density at radius 2 is 2.21 bits per heavy atom. The molecule has 0 amide bonds. The van der Waals surface area contributed by atoms with Gasteiger partial charge in [0.25, 0.3) is 0 Å². The highest BCUT2D eigenvalue weighted by atomic mass is 32.1. The Kier molecular flexibility index (Phi) is 4.66. The number of nitrogens with zero attached hydrogens (tertiary/aromatic N) is 5. The summed E-state index contributed by atoms with van der Waals surface area (Å²) in [6, 6.07) is 7.02. The molecule has 0 fully saturated rings. The number of rotatable bonds is 5. The fourth-order valence-electron chi connectivity index (χ4n) is 2.12. The highest BCUT2D eigenvalue weighted by molar-refractivity contribution is 7.09. The van der Waals surface area contributed by atoms with E-state index in [2.05, 4.69) is 20.4 Å². The maximum absolute atomic E-state index is 12.0. The molecule has 0 unspecified atom stereocenters. The Morgan fingerprint density at radius 3 is 2.92 bits per heavy atom. The molecule has 0 saturated heterocycles. The van der Waals surface area contributed by atoms with E-state index >= 15 is 0 Å². The molecule has 0 aliphatic heterocycles. The maximum Gasteiger partial charge on any atom is 0.338 e. The van der Waals surface area contributed by atoms with Gasteiger partial charge in [0, 0.05) is 10.9 Å². The second-order valence-electron chi connectivity index (χ2n) is 5.54. The number of hydrogen-bond donors (Lipinski definition) is 0. The zero-order valence-electron chi connectivity index (χ0n) is 13.6. The Bertz CT molecular complexity index is 856. The summed E-state index contributed by atoms with van der Waals surface area (Å²) in [6.07, 6.45) is -0.165. The van der Waals surface area contributed by atoms with E-state index in [9.17, 15) is 4.79 Å². The summed E-state index contributed by atoms with van der Waals surface area (Å²) in [7, 11) is 0. The molecule has 0 aliphatic rings. The number of aryl methyl sites for hydroxylation is 1. The second kappa shape index (κ2) is 6.88. The van der Waals surface area contributed by atoms with E-state index in [1.807, 2.05) is 32.2 Å². The fraction of sp³-hybridized carbons (Fsp3) is 0.312. The van der Waals surface area contributed by atoms with Gasteiger partial charge in [-0.1, -0.05) is 12.1 Å². The third-order valence-electron chi connectivity index (χ3n) is 3.12. The lowest BCUT2D eigenvalue weighted by atomic mass is 10.1. The number of thiazole rings is 1. The van der Waals surface area contributed by atoms with E-state index < -0.39 is 0 Å². The maximum atomic E-state index is 12.0. The smallest absolute Gasteiger partial charge is 0.338 e. The normalized spacial score (nSPS) is 11.0. The number of hydrogen-bond acceptors (Lipinski definition) is 7. The lowest BCUT2D eigenvalue weighted by molar-refractivity contribution is 0.0378. The first-order valence-corrected chi connectivity index (χ1v) is 8.39. The largest absolute Gasteiger partial charge is 0.459 e. The molecule has 3 aromatic rings. The van der Waals surface area contributed by atoms with Crippen LogP contribution in [0.4, 0.5) is 0 Å². The SMILES string of the molecule is Cc1nc(Cn2nnc(-c3cccc(C(=O)OC(C)C)c3)n2)cs1. The Hall–Kier alpha value is -2.61. The van der Waals surface area contributed by atoms with Crippen LogP contribution in [-0.4, -0.2) is 37.3 Å². The summed E-state index contributed by atoms with van der Waals surface area (Å²) in [5.41, 5.74) is 2.08. The molecular weight excluding hydrogens is 326 g/mol. The molecule has 0 atom stereocenters. The molecule has 0 radical (unpaired) electrons. The van der Waals surface area contributed by atoms with Crippen LogP contribution in [0, 0.1) is 6.92 Å². The third-order valence-corrected chi connectivity index (χ3v) is 3.94. The van der Waals surface area contributed by atoms with Crippen molar-refractivity contribution < 1.29 is 9.53 Å². The van der Waals surface area contributed by atoms with Crippen molar-refractivity contribution in [2.24, 2.45) is 0 Å². The molecular formula is C16H17N5O2S. The van der Waals surface area contributed by atoms with E-state index in [-0.39, 0.29) is 12.1 Å². The summed E-state index contributed by atoms with van der Waals surface area (Å²) in [4.78, 5) is 17.9. The van der Waals surface area contributed by atoms with Crippen LogP contribution in [0.25, 0.3) is 11.4 Å². The van der Waals surface area contributed by atoms with Gasteiger partial charge in [-0.25, -0.2) is 9.78 Å². The number of carbonyl (C=O) groups excluding carboxylic acids is 1. The first-order chi connectivity index (χ1) is 11.5. The number of benzene rings is 1. The van der Waals surface area contributed by atoms with Crippen LogP contribution >= 0.6 is 11.3 Å². The number of carbonyl (C=O) groups is 1. The lowest BCUT2D eigenvalue weighted by Gasteiger charge is -2.08. The topological polar surface area (TPSA) is 82.8 Å². The molecule has 8 heteroatoms. The van der Waals surface area contributed by atoms with Crippen molar-refractivity contribution in [3.63, 3.8) is 0 Å². The molecule has 2 heterocycles. The molecule has 7 nitrogen and oxygen atoms in total. The van der Waals surface area contributed by atoms with Gasteiger partial charge in [-0.2, -0.15) is 4.80 Å². The summed E-state index contributed by atoms with van der Waals surface area (Å²) in [6.45, 7) is 6.05. The minimum absolute atomic E-state index is 0.165. The van der Waals surface area contributed by atoms with E-state index in [0.717, 1.165) is 10.7 Å². The number of aromatic nitrogens is 5. The summed E-state index contributed by atoms with van der Waals surface area (Å²) in [5, 5.41) is 15.4.